The van der Waals surface area contributed by atoms with E-state index in [0.717, 1.165) is 38.2 Å². The van der Waals surface area contributed by atoms with Crippen LogP contribution in [0.5, 0.6) is 0 Å². The van der Waals surface area contributed by atoms with E-state index in [1.54, 1.807) is 0 Å². The van der Waals surface area contributed by atoms with Crippen LogP contribution in [0.3, 0.4) is 0 Å². The molecule has 0 N–H and O–H groups in total. The van der Waals surface area contributed by atoms with Crippen LogP contribution in [0.2, 0.25) is 0 Å². The second-order valence-corrected chi connectivity index (χ2v) is 4.23. The van der Waals surface area contributed by atoms with E-state index in [2.05, 4.69) is 6.58 Å². The van der Waals surface area contributed by atoms with Gasteiger partial charge in [0.25, 0.3) is 0 Å². The van der Waals surface area contributed by atoms with E-state index >= 15 is 0 Å². The van der Waals surface area contributed by atoms with Crippen molar-refractivity contribution in [3.05, 3.63) is 12.7 Å². The van der Waals surface area contributed by atoms with Crippen molar-refractivity contribution in [1.82, 2.24) is 0 Å². The molecule has 1 aliphatic heterocycles. The van der Waals surface area contributed by atoms with Crippen LogP contribution in [-0.2, 0) is 19.1 Å². The number of hydrogen-bond donors (Lipinski definition) is 0. The zero-order valence-electron chi connectivity index (χ0n) is 10.2. The number of rotatable bonds is 4. The number of esters is 2. The second-order valence-electron chi connectivity index (χ2n) is 4.23. The highest BCUT2D eigenvalue weighted by molar-refractivity contribution is 5.81. The molecule has 1 saturated heterocycles. The number of hydrogen-bond acceptors (Lipinski definition) is 4. The summed E-state index contributed by atoms with van der Waals surface area (Å²) in [5.41, 5.74) is 0. The van der Waals surface area contributed by atoms with Gasteiger partial charge in [-0.3, -0.25) is 4.79 Å². The summed E-state index contributed by atoms with van der Waals surface area (Å²) >= 11 is 0. The van der Waals surface area contributed by atoms with Crippen molar-refractivity contribution >= 4 is 11.9 Å². The largest absolute Gasteiger partial charge is 0.462 e. The summed E-state index contributed by atoms with van der Waals surface area (Å²) in [4.78, 5) is 22.3. The maximum Gasteiger partial charge on any atom is 0.330 e. The Morgan fingerprint density at radius 3 is 2.94 bits per heavy atom. The van der Waals surface area contributed by atoms with E-state index in [0.29, 0.717) is 12.8 Å². The van der Waals surface area contributed by atoms with Gasteiger partial charge < -0.3 is 9.47 Å². The Hall–Kier alpha value is -1.32. The van der Waals surface area contributed by atoms with Crippen LogP contribution < -0.4 is 0 Å². The molecule has 1 fully saturated rings. The maximum atomic E-state index is 11.4. The number of ether oxygens (including phenoxy) is 2. The van der Waals surface area contributed by atoms with E-state index in [1.807, 2.05) is 0 Å². The molecule has 0 saturated carbocycles. The summed E-state index contributed by atoms with van der Waals surface area (Å²) in [6, 6.07) is 0. The SMILES string of the molecule is C=CC(=O)OCCC1CCCCCCC(=O)O1. The van der Waals surface area contributed by atoms with Gasteiger partial charge >= 0.3 is 11.9 Å². The molecular weight excluding hydrogens is 220 g/mol. The van der Waals surface area contributed by atoms with Crippen molar-refractivity contribution in [2.45, 2.75) is 51.0 Å². The van der Waals surface area contributed by atoms with Gasteiger partial charge in [-0.1, -0.05) is 19.4 Å². The lowest BCUT2D eigenvalue weighted by Crippen LogP contribution is -2.20. The van der Waals surface area contributed by atoms with Gasteiger partial charge in [-0.2, -0.15) is 0 Å². The molecular formula is C13H20O4. The molecule has 0 aromatic heterocycles. The Morgan fingerprint density at radius 2 is 2.18 bits per heavy atom. The van der Waals surface area contributed by atoms with Crippen LogP contribution >= 0.6 is 0 Å². The van der Waals surface area contributed by atoms with Crippen molar-refractivity contribution in [3.8, 4) is 0 Å². The molecule has 0 bridgehead atoms. The molecule has 0 aromatic rings. The number of carbonyl (C=O) groups excluding carboxylic acids is 2. The maximum absolute atomic E-state index is 11.4. The predicted molar refractivity (Wildman–Crippen MR) is 63.4 cm³/mol. The Bertz CT molecular complexity index is 273. The first-order valence-electron chi connectivity index (χ1n) is 6.21. The van der Waals surface area contributed by atoms with E-state index in [9.17, 15) is 9.59 Å². The lowest BCUT2D eigenvalue weighted by Gasteiger charge is -2.16. The molecule has 1 rings (SSSR count). The van der Waals surface area contributed by atoms with Gasteiger partial charge in [-0.15, -0.1) is 0 Å². The van der Waals surface area contributed by atoms with Gasteiger partial charge in [0.15, 0.2) is 0 Å². The van der Waals surface area contributed by atoms with Gasteiger partial charge in [0.1, 0.15) is 6.10 Å². The fraction of sp³-hybridized carbons (Fsp3) is 0.692. The summed E-state index contributed by atoms with van der Waals surface area (Å²) in [5.74, 6) is -0.564. The number of cyclic esters (lactones) is 1. The van der Waals surface area contributed by atoms with E-state index in [1.165, 1.54) is 0 Å². The molecule has 1 aliphatic rings. The van der Waals surface area contributed by atoms with E-state index < -0.39 is 5.97 Å². The van der Waals surface area contributed by atoms with Gasteiger partial charge in [0.2, 0.25) is 0 Å². The zero-order valence-corrected chi connectivity index (χ0v) is 10.2. The first-order valence-corrected chi connectivity index (χ1v) is 6.21. The van der Waals surface area contributed by atoms with Crippen molar-refractivity contribution in [2.24, 2.45) is 0 Å². The minimum atomic E-state index is -0.431. The molecule has 0 aromatic carbocycles. The second kappa shape index (κ2) is 7.87. The molecule has 1 unspecified atom stereocenters. The van der Waals surface area contributed by atoms with Crippen LogP contribution in [0.25, 0.3) is 0 Å². The normalized spacial score (nSPS) is 21.6. The van der Waals surface area contributed by atoms with Crippen molar-refractivity contribution in [2.75, 3.05) is 6.61 Å². The number of carbonyl (C=O) groups is 2. The smallest absolute Gasteiger partial charge is 0.330 e. The summed E-state index contributed by atoms with van der Waals surface area (Å²) in [5, 5.41) is 0. The average Bonchev–Trinajstić information content (AvgIpc) is 2.41. The minimum absolute atomic E-state index is 0.113. The highest BCUT2D eigenvalue weighted by Crippen LogP contribution is 2.16. The van der Waals surface area contributed by atoms with Crippen LogP contribution in [0.15, 0.2) is 12.7 Å². The molecule has 4 nitrogen and oxygen atoms in total. The average molecular weight is 240 g/mol. The summed E-state index contributed by atoms with van der Waals surface area (Å²) < 4.78 is 10.2. The molecule has 0 radical (unpaired) electrons. The van der Waals surface area contributed by atoms with Gasteiger partial charge in [0, 0.05) is 18.9 Å². The molecule has 1 heterocycles. The lowest BCUT2D eigenvalue weighted by molar-refractivity contribution is -0.150. The Labute approximate surface area is 102 Å². The summed E-state index contributed by atoms with van der Waals surface area (Å²) in [6.07, 6.45) is 7.16. The monoisotopic (exact) mass is 240 g/mol. The molecule has 0 aliphatic carbocycles. The first-order chi connectivity index (χ1) is 8.22. The van der Waals surface area contributed by atoms with Gasteiger partial charge in [-0.25, -0.2) is 4.79 Å². The van der Waals surface area contributed by atoms with Crippen molar-refractivity contribution < 1.29 is 19.1 Å². The first kappa shape index (κ1) is 13.7. The third kappa shape index (κ3) is 6.09. The van der Waals surface area contributed by atoms with Crippen LogP contribution in [0.4, 0.5) is 0 Å². The Kier molecular flexibility index (Phi) is 6.37. The molecule has 96 valence electrons. The molecule has 4 heteroatoms. The highest BCUT2D eigenvalue weighted by atomic mass is 16.6. The summed E-state index contributed by atoms with van der Waals surface area (Å²) in [6.45, 7) is 3.60. The van der Waals surface area contributed by atoms with Gasteiger partial charge in [-0.05, 0) is 19.3 Å². The van der Waals surface area contributed by atoms with Crippen molar-refractivity contribution in [3.63, 3.8) is 0 Å². The van der Waals surface area contributed by atoms with Crippen LogP contribution in [-0.4, -0.2) is 24.6 Å². The van der Waals surface area contributed by atoms with Crippen molar-refractivity contribution in [1.29, 1.82) is 0 Å². The fourth-order valence-corrected chi connectivity index (χ4v) is 1.85. The standard InChI is InChI=1S/C13H20O4/c1-2-12(14)16-10-9-11-7-5-3-4-6-8-13(15)17-11/h2,11H,1,3-10H2. The third-order valence-electron chi connectivity index (χ3n) is 2.81. The van der Waals surface area contributed by atoms with E-state index in [-0.39, 0.29) is 18.7 Å². The summed E-state index contributed by atoms with van der Waals surface area (Å²) in [7, 11) is 0. The quantitative estimate of drug-likeness (QED) is 0.559. The Morgan fingerprint density at radius 1 is 1.41 bits per heavy atom. The zero-order chi connectivity index (χ0) is 12.5. The minimum Gasteiger partial charge on any atom is -0.462 e. The highest BCUT2D eigenvalue weighted by Gasteiger charge is 2.16. The molecule has 0 spiro atoms. The molecule has 1 atom stereocenters. The van der Waals surface area contributed by atoms with Crippen LogP contribution in [0.1, 0.15) is 44.9 Å². The Balaban J connectivity index is 2.29. The third-order valence-corrected chi connectivity index (χ3v) is 2.81. The molecule has 0 amide bonds. The van der Waals surface area contributed by atoms with Gasteiger partial charge in [0.05, 0.1) is 6.61 Å². The topological polar surface area (TPSA) is 52.6 Å². The van der Waals surface area contributed by atoms with E-state index in [4.69, 9.17) is 9.47 Å². The fourth-order valence-electron chi connectivity index (χ4n) is 1.85. The van der Waals surface area contributed by atoms with Crippen LogP contribution in [0, 0.1) is 0 Å². The molecule has 17 heavy (non-hydrogen) atoms. The predicted octanol–water partition coefficient (Wildman–Crippen LogP) is 2.37. The lowest BCUT2D eigenvalue weighted by atomic mass is 10.1.